The molecule has 0 aliphatic carbocycles. The van der Waals surface area contributed by atoms with Crippen LogP contribution in [-0.4, -0.2) is 36.3 Å². The van der Waals surface area contributed by atoms with E-state index in [1.807, 2.05) is 0 Å². The van der Waals surface area contributed by atoms with Gasteiger partial charge in [0.05, 0.1) is 5.56 Å². The van der Waals surface area contributed by atoms with Crippen molar-refractivity contribution in [2.75, 3.05) is 18.4 Å². The number of carbonyl (C=O) groups is 1. The first-order valence-corrected chi connectivity index (χ1v) is 9.59. The number of amides is 1. The molecule has 148 valence electrons. The summed E-state index contributed by atoms with van der Waals surface area (Å²) in [5.74, 6) is -0.627. The molecule has 1 aromatic heterocycles. The molecule has 0 fully saturated rings. The first-order valence-electron chi connectivity index (χ1n) is 8.15. The highest BCUT2D eigenvalue weighted by Crippen LogP contribution is 2.30. The van der Waals surface area contributed by atoms with Gasteiger partial charge in [-0.3, -0.25) is 4.79 Å². The van der Waals surface area contributed by atoms with Gasteiger partial charge in [-0.25, -0.2) is 8.42 Å². The third kappa shape index (κ3) is 4.51. The number of benzene rings is 1. The molecule has 0 spiro atoms. The summed E-state index contributed by atoms with van der Waals surface area (Å²) in [6.07, 6.45) is -3.14. The van der Waals surface area contributed by atoms with Crippen LogP contribution in [0.4, 0.5) is 18.9 Å². The Labute approximate surface area is 155 Å². The predicted octanol–water partition coefficient (Wildman–Crippen LogP) is 3.33. The van der Waals surface area contributed by atoms with Crippen molar-refractivity contribution in [3.8, 4) is 0 Å². The molecular weight excluding hydrogens is 383 g/mol. The Morgan fingerprint density at radius 3 is 2.19 bits per heavy atom. The molecule has 6 nitrogen and oxygen atoms in total. The van der Waals surface area contributed by atoms with Crippen LogP contribution in [-0.2, 0) is 23.2 Å². The highest BCUT2D eigenvalue weighted by molar-refractivity contribution is 7.89. The van der Waals surface area contributed by atoms with Crippen molar-refractivity contribution in [2.45, 2.75) is 24.9 Å². The van der Waals surface area contributed by atoms with Crippen molar-refractivity contribution in [3.63, 3.8) is 0 Å². The second kappa shape index (κ2) is 7.73. The molecule has 0 bridgehead atoms. The Kier molecular flexibility index (Phi) is 6.01. The third-order valence-electron chi connectivity index (χ3n) is 4.03. The van der Waals surface area contributed by atoms with Gasteiger partial charge in [-0.2, -0.15) is 17.5 Å². The fraction of sp³-hybridized carbons (Fsp3) is 0.353. The van der Waals surface area contributed by atoms with Crippen LogP contribution in [0.3, 0.4) is 0 Å². The second-order valence-electron chi connectivity index (χ2n) is 5.79. The van der Waals surface area contributed by atoms with Crippen molar-refractivity contribution < 1.29 is 26.4 Å². The molecule has 2 aromatic rings. The highest BCUT2D eigenvalue weighted by Gasteiger charge is 2.30. The number of aryl methyl sites for hydroxylation is 1. The summed E-state index contributed by atoms with van der Waals surface area (Å²) >= 11 is 0. The lowest BCUT2D eigenvalue weighted by atomic mass is 10.2. The molecule has 0 radical (unpaired) electrons. The minimum atomic E-state index is -4.46. The number of halogens is 3. The zero-order valence-corrected chi connectivity index (χ0v) is 15.9. The van der Waals surface area contributed by atoms with Crippen molar-refractivity contribution in [3.05, 3.63) is 47.8 Å². The summed E-state index contributed by atoms with van der Waals surface area (Å²) in [6, 6.07) is 5.23. The van der Waals surface area contributed by atoms with E-state index in [1.165, 1.54) is 28.2 Å². The SMILES string of the molecule is CCN(CC)S(=O)(=O)c1cc(C(=O)Nc2ccc(C(F)(F)F)cc2)n(C)c1. The van der Waals surface area contributed by atoms with Gasteiger partial charge in [0.15, 0.2) is 0 Å². The molecule has 1 aromatic carbocycles. The quantitative estimate of drug-likeness (QED) is 0.804. The molecule has 10 heteroatoms. The molecule has 0 unspecified atom stereocenters. The number of hydrogen-bond acceptors (Lipinski definition) is 3. The molecule has 27 heavy (non-hydrogen) atoms. The van der Waals surface area contributed by atoms with Crippen LogP contribution < -0.4 is 5.32 Å². The molecule has 0 saturated heterocycles. The number of hydrogen-bond donors (Lipinski definition) is 1. The first-order chi connectivity index (χ1) is 12.5. The lowest BCUT2D eigenvalue weighted by molar-refractivity contribution is -0.137. The lowest BCUT2D eigenvalue weighted by Crippen LogP contribution is -2.30. The smallest absolute Gasteiger partial charge is 0.345 e. The van der Waals surface area contributed by atoms with E-state index in [2.05, 4.69) is 5.32 Å². The zero-order valence-electron chi connectivity index (χ0n) is 15.0. The van der Waals surface area contributed by atoms with E-state index in [1.54, 1.807) is 13.8 Å². The zero-order chi connectivity index (χ0) is 20.4. The minimum absolute atomic E-state index is 0.0220. The maximum Gasteiger partial charge on any atom is 0.416 e. The Hall–Kier alpha value is -2.33. The largest absolute Gasteiger partial charge is 0.416 e. The van der Waals surface area contributed by atoms with Gasteiger partial charge in [0, 0.05) is 32.0 Å². The fourth-order valence-electron chi connectivity index (χ4n) is 2.55. The number of aromatic nitrogens is 1. The van der Waals surface area contributed by atoms with Crippen LogP contribution in [0.15, 0.2) is 41.4 Å². The Balaban J connectivity index is 2.24. The van der Waals surface area contributed by atoms with Gasteiger partial charge in [-0.1, -0.05) is 13.8 Å². The average Bonchev–Trinajstić information content (AvgIpc) is 2.98. The first kappa shape index (κ1) is 21.0. The van der Waals surface area contributed by atoms with Crippen LogP contribution in [0.1, 0.15) is 29.9 Å². The summed E-state index contributed by atoms with van der Waals surface area (Å²) < 4.78 is 65.5. The van der Waals surface area contributed by atoms with Crippen molar-refractivity contribution in [2.24, 2.45) is 7.05 Å². The van der Waals surface area contributed by atoms with Gasteiger partial charge in [0.1, 0.15) is 10.6 Å². The number of sulfonamides is 1. The third-order valence-corrected chi connectivity index (χ3v) is 6.04. The fourth-order valence-corrected chi connectivity index (χ4v) is 4.08. The van der Waals surface area contributed by atoms with Gasteiger partial charge >= 0.3 is 6.18 Å². The summed E-state index contributed by atoms with van der Waals surface area (Å²) in [5.41, 5.74) is -0.588. The number of anilines is 1. The van der Waals surface area contributed by atoms with Crippen LogP contribution in [0.2, 0.25) is 0 Å². The van der Waals surface area contributed by atoms with E-state index in [9.17, 15) is 26.4 Å². The van der Waals surface area contributed by atoms with Crippen molar-refractivity contribution in [1.82, 2.24) is 8.87 Å². The van der Waals surface area contributed by atoms with E-state index in [4.69, 9.17) is 0 Å². The van der Waals surface area contributed by atoms with Gasteiger partial charge < -0.3 is 9.88 Å². The minimum Gasteiger partial charge on any atom is -0.345 e. The molecule has 1 heterocycles. The van der Waals surface area contributed by atoms with E-state index < -0.39 is 27.7 Å². The summed E-state index contributed by atoms with van der Waals surface area (Å²) in [5, 5.41) is 2.46. The molecule has 0 aliphatic heterocycles. The van der Waals surface area contributed by atoms with Gasteiger partial charge in [0.25, 0.3) is 5.91 Å². The van der Waals surface area contributed by atoms with Crippen molar-refractivity contribution in [1.29, 1.82) is 0 Å². The molecule has 0 saturated carbocycles. The maximum absolute atomic E-state index is 12.6. The number of rotatable bonds is 6. The number of nitrogens with zero attached hydrogens (tertiary/aromatic N) is 2. The molecular formula is C17H20F3N3O3S. The lowest BCUT2D eigenvalue weighted by Gasteiger charge is -2.17. The second-order valence-corrected chi connectivity index (χ2v) is 7.73. The Morgan fingerprint density at radius 1 is 1.15 bits per heavy atom. The van der Waals surface area contributed by atoms with Crippen molar-refractivity contribution >= 4 is 21.6 Å². The van der Waals surface area contributed by atoms with Gasteiger partial charge in [-0.05, 0) is 30.3 Å². The molecule has 2 rings (SSSR count). The van der Waals surface area contributed by atoms with E-state index in [0.29, 0.717) is 13.1 Å². The molecule has 1 amide bonds. The summed E-state index contributed by atoms with van der Waals surface area (Å²) in [4.78, 5) is 12.4. The topological polar surface area (TPSA) is 71.4 Å². The number of carbonyl (C=O) groups excluding carboxylic acids is 1. The van der Waals surface area contributed by atoms with Gasteiger partial charge in [-0.15, -0.1) is 0 Å². The predicted molar refractivity (Wildman–Crippen MR) is 94.9 cm³/mol. The highest BCUT2D eigenvalue weighted by atomic mass is 32.2. The van der Waals surface area contributed by atoms with Crippen LogP contribution in [0.25, 0.3) is 0 Å². The van der Waals surface area contributed by atoms with E-state index in [-0.39, 0.29) is 16.3 Å². The molecule has 1 N–H and O–H groups in total. The van der Waals surface area contributed by atoms with Crippen LogP contribution >= 0.6 is 0 Å². The monoisotopic (exact) mass is 403 g/mol. The van der Waals surface area contributed by atoms with E-state index >= 15 is 0 Å². The van der Waals surface area contributed by atoms with E-state index in [0.717, 1.165) is 24.3 Å². The number of nitrogens with one attached hydrogen (secondary N) is 1. The molecule has 0 atom stereocenters. The van der Waals surface area contributed by atoms with Crippen LogP contribution in [0, 0.1) is 0 Å². The van der Waals surface area contributed by atoms with Gasteiger partial charge in [0.2, 0.25) is 10.0 Å². The number of alkyl halides is 3. The Bertz CT molecular complexity index is 915. The summed E-state index contributed by atoms with van der Waals surface area (Å²) in [7, 11) is -2.21. The maximum atomic E-state index is 12.6. The van der Waals surface area contributed by atoms with Crippen LogP contribution in [0.5, 0.6) is 0 Å². The normalized spacial score (nSPS) is 12.4. The summed E-state index contributed by atoms with van der Waals surface area (Å²) in [6.45, 7) is 4.01. The standard InChI is InChI=1S/C17H20F3N3O3S/c1-4-23(5-2)27(25,26)14-10-15(22(3)11-14)16(24)21-13-8-6-12(7-9-13)17(18,19)20/h6-11H,4-5H2,1-3H3,(H,21,24). The molecule has 0 aliphatic rings. The average molecular weight is 403 g/mol. The Morgan fingerprint density at radius 2 is 1.70 bits per heavy atom.